The monoisotopic (exact) mass is 242 g/mol. The van der Waals surface area contributed by atoms with Crippen LogP contribution in [0.5, 0.6) is 0 Å². The quantitative estimate of drug-likeness (QED) is 0.747. The van der Waals surface area contributed by atoms with Crippen molar-refractivity contribution in [3.8, 4) is 0 Å². The van der Waals surface area contributed by atoms with Gasteiger partial charge in [0.25, 0.3) is 9.05 Å². The second kappa shape index (κ2) is 3.48. The fourth-order valence-electron chi connectivity index (χ4n) is 0.855. The summed E-state index contributed by atoms with van der Waals surface area (Å²) in [6.45, 7) is 3.67. The number of nitrogens with zero attached hydrogens (tertiary/aromatic N) is 2. The summed E-state index contributed by atoms with van der Waals surface area (Å²) in [5.41, 5.74) is 0. The lowest BCUT2D eigenvalue weighted by molar-refractivity contribution is 0.532. The summed E-state index contributed by atoms with van der Waals surface area (Å²) in [7, 11) is 1.33. The molecule has 13 heavy (non-hydrogen) atoms. The van der Waals surface area contributed by atoms with E-state index >= 15 is 0 Å². The van der Waals surface area contributed by atoms with Crippen molar-refractivity contribution in [2.24, 2.45) is 0 Å². The van der Waals surface area contributed by atoms with Crippen molar-refractivity contribution in [3.63, 3.8) is 0 Å². The third kappa shape index (κ3) is 2.15. The first-order valence-corrected chi connectivity index (χ1v) is 6.20. The van der Waals surface area contributed by atoms with E-state index in [-0.39, 0.29) is 16.1 Å². The molecule has 0 atom stereocenters. The minimum Gasteiger partial charge on any atom is -0.250 e. The molecule has 0 spiro atoms. The van der Waals surface area contributed by atoms with E-state index in [0.29, 0.717) is 0 Å². The Balaban J connectivity index is 3.30. The van der Waals surface area contributed by atoms with Gasteiger partial charge in [-0.05, 0) is 13.8 Å². The van der Waals surface area contributed by atoms with Gasteiger partial charge in [0.05, 0.1) is 6.20 Å². The van der Waals surface area contributed by atoms with Crippen LogP contribution < -0.4 is 0 Å². The van der Waals surface area contributed by atoms with Gasteiger partial charge in [-0.15, -0.1) is 0 Å². The average molecular weight is 243 g/mol. The summed E-state index contributed by atoms with van der Waals surface area (Å²) in [6.07, 6.45) is 1.14. The predicted octanol–water partition coefficient (Wildman–Crippen LogP) is 2.04. The Labute approximate surface area is 85.9 Å². The second-order valence-corrected chi connectivity index (χ2v) is 5.67. The molecule has 0 radical (unpaired) electrons. The molecule has 1 aromatic rings. The molecule has 0 fully saturated rings. The molecule has 1 rings (SSSR count). The Morgan fingerprint density at radius 1 is 1.54 bits per heavy atom. The maximum Gasteiger partial charge on any atom is 0.265 e. The van der Waals surface area contributed by atoms with E-state index in [2.05, 4.69) is 5.10 Å². The highest BCUT2D eigenvalue weighted by Gasteiger charge is 2.20. The standard InChI is InChI=1S/C6H8Cl2N2O2S/c1-4(2)10-6(7)5(3-9-10)13(8,11)12/h3-4H,1-2H3. The number of aromatic nitrogens is 2. The SMILES string of the molecule is CC(C)n1ncc(S(=O)(=O)Cl)c1Cl. The van der Waals surface area contributed by atoms with Gasteiger partial charge in [0.1, 0.15) is 10.0 Å². The minimum atomic E-state index is -3.79. The summed E-state index contributed by atoms with van der Waals surface area (Å²) in [6, 6.07) is -0.000309. The summed E-state index contributed by atoms with van der Waals surface area (Å²) in [5, 5.41) is 3.85. The number of hydrogen-bond acceptors (Lipinski definition) is 3. The van der Waals surface area contributed by atoms with Crippen molar-refractivity contribution < 1.29 is 8.42 Å². The van der Waals surface area contributed by atoms with Crippen LogP contribution >= 0.6 is 22.3 Å². The van der Waals surface area contributed by atoms with Gasteiger partial charge in [-0.3, -0.25) is 4.68 Å². The normalized spacial score (nSPS) is 12.4. The Hall–Kier alpha value is -0.260. The molecule has 0 N–H and O–H groups in total. The zero-order valence-electron chi connectivity index (χ0n) is 7.03. The van der Waals surface area contributed by atoms with Crippen LogP contribution in [0.15, 0.2) is 11.1 Å². The van der Waals surface area contributed by atoms with Gasteiger partial charge in [0.15, 0.2) is 0 Å². The van der Waals surface area contributed by atoms with Crippen molar-refractivity contribution in [3.05, 3.63) is 11.3 Å². The van der Waals surface area contributed by atoms with E-state index in [0.717, 1.165) is 6.20 Å². The van der Waals surface area contributed by atoms with E-state index in [1.165, 1.54) is 4.68 Å². The van der Waals surface area contributed by atoms with Gasteiger partial charge < -0.3 is 0 Å². The Morgan fingerprint density at radius 3 is 2.31 bits per heavy atom. The van der Waals surface area contributed by atoms with Gasteiger partial charge in [-0.1, -0.05) is 11.6 Å². The molecular weight excluding hydrogens is 235 g/mol. The third-order valence-corrected chi connectivity index (χ3v) is 3.27. The average Bonchev–Trinajstić information content (AvgIpc) is 2.28. The van der Waals surface area contributed by atoms with Crippen LogP contribution in [0, 0.1) is 0 Å². The van der Waals surface area contributed by atoms with Crippen molar-refractivity contribution in [1.82, 2.24) is 9.78 Å². The fourth-order valence-corrected chi connectivity index (χ4v) is 2.37. The fraction of sp³-hybridized carbons (Fsp3) is 0.500. The lowest BCUT2D eigenvalue weighted by Gasteiger charge is -2.05. The molecule has 0 saturated heterocycles. The molecule has 0 aliphatic carbocycles. The van der Waals surface area contributed by atoms with Gasteiger partial charge in [0.2, 0.25) is 0 Å². The van der Waals surface area contributed by atoms with Crippen LogP contribution in [0.2, 0.25) is 5.15 Å². The first kappa shape index (κ1) is 10.8. The lowest BCUT2D eigenvalue weighted by atomic mass is 10.4. The van der Waals surface area contributed by atoms with E-state index in [1.807, 2.05) is 13.8 Å². The molecule has 1 heterocycles. The minimum absolute atomic E-state index is 0.000309. The van der Waals surface area contributed by atoms with Crippen molar-refractivity contribution >= 4 is 31.3 Å². The molecule has 7 heteroatoms. The molecule has 0 amide bonds. The molecule has 0 aromatic carbocycles. The van der Waals surface area contributed by atoms with Crippen LogP contribution in [0.3, 0.4) is 0 Å². The maximum atomic E-state index is 10.9. The Kier molecular flexibility index (Phi) is 2.89. The Bertz CT molecular complexity index is 410. The second-order valence-electron chi connectivity index (χ2n) is 2.78. The van der Waals surface area contributed by atoms with Gasteiger partial charge in [-0.25, -0.2) is 8.42 Å². The van der Waals surface area contributed by atoms with E-state index in [1.54, 1.807) is 0 Å². The van der Waals surface area contributed by atoms with Crippen molar-refractivity contribution in [2.75, 3.05) is 0 Å². The van der Waals surface area contributed by atoms with Crippen LogP contribution in [0.1, 0.15) is 19.9 Å². The Morgan fingerprint density at radius 2 is 2.08 bits per heavy atom. The van der Waals surface area contributed by atoms with Crippen LogP contribution in [0.25, 0.3) is 0 Å². The lowest BCUT2D eigenvalue weighted by Crippen LogP contribution is -2.02. The zero-order chi connectivity index (χ0) is 10.2. The highest BCUT2D eigenvalue weighted by molar-refractivity contribution is 8.13. The predicted molar refractivity (Wildman–Crippen MR) is 50.7 cm³/mol. The van der Waals surface area contributed by atoms with Gasteiger partial charge in [-0.2, -0.15) is 5.10 Å². The smallest absolute Gasteiger partial charge is 0.250 e. The molecule has 0 saturated carbocycles. The molecule has 1 aromatic heterocycles. The van der Waals surface area contributed by atoms with E-state index in [4.69, 9.17) is 22.3 Å². The summed E-state index contributed by atoms with van der Waals surface area (Å²) >= 11 is 5.74. The molecule has 0 aliphatic rings. The van der Waals surface area contributed by atoms with Crippen molar-refractivity contribution in [1.29, 1.82) is 0 Å². The first-order chi connectivity index (χ1) is 5.84. The molecule has 0 bridgehead atoms. The van der Waals surface area contributed by atoms with Crippen LogP contribution in [-0.2, 0) is 9.05 Å². The molecule has 74 valence electrons. The summed E-state index contributed by atoms with van der Waals surface area (Å²) < 4.78 is 23.2. The first-order valence-electron chi connectivity index (χ1n) is 3.51. The molecular formula is C6H8Cl2N2O2S. The van der Waals surface area contributed by atoms with E-state index in [9.17, 15) is 8.42 Å². The number of halogens is 2. The third-order valence-electron chi connectivity index (χ3n) is 1.46. The van der Waals surface area contributed by atoms with Crippen LogP contribution in [0.4, 0.5) is 0 Å². The highest BCUT2D eigenvalue weighted by Crippen LogP contribution is 2.26. The molecule has 4 nitrogen and oxygen atoms in total. The zero-order valence-corrected chi connectivity index (χ0v) is 9.36. The molecule has 0 unspecified atom stereocenters. The molecule has 0 aliphatic heterocycles. The number of hydrogen-bond donors (Lipinski definition) is 0. The van der Waals surface area contributed by atoms with Crippen molar-refractivity contribution in [2.45, 2.75) is 24.8 Å². The topological polar surface area (TPSA) is 52.0 Å². The maximum absolute atomic E-state index is 10.9. The van der Waals surface area contributed by atoms with Gasteiger partial charge in [0, 0.05) is 16.7 Å². The highest BCUT2D eigenvalue weighted by atomic mass is 35.7. The van der Waals surface area contributed by atoms with Crippen LogP contribution in [-0.4, -0.2) is 18.2 Å². The van der Waals surface area contributed by atoms with E-state index < -0.39 is 9.05 Å². The summed E-state index contributed by atoms with van der Waals surface area (Å²) in [4.78, 5) is -0.149. The van der Waals surface area contributed by atoms with Gasteiger partial charge >= 0.3 is 0 Å². The summed E-state index contributed by atoms with van der Waals surface area (Å²) in [5.74, 6) is 0. The largest absolute Gasteiger partial charge is 0.265 e. The number of rotatable bonds is 2.